The third-order valence-electron chi connectivity index (χ3n) is 5.59. The zero-order chi connectivity index (χ0) is 27.5. The number of ether oxygens (including phenoxy) is 1. The number of aromatic nitrogens is 3. The van der Waals surface area contributed by atoms with Crippen LogP contribution in [-0.4, -0.2) is 32.1 Å². The van der Waals surface area contributed by atoms with Crippen LogP contribution in [-0.2, 0) is 24.5 Å². The molecule has 4 aromatic rings. The van der Waals surface area contributed by atoms with Crippen molar-refractivity contribution in [3.05, 3.63) is 113 Å². The minimum absolute atomic E-state index is 0.257. The van der Waals surface area contributed by atoms with Gasteiger partial charge in [-0.2, -0.15) is 5.10 Å². The van der Waals surface area contributed by atoms with Crippen LogP contribution in [0.1, 0.15) is 23.9 Å². The number of thioether (sulfide) groups is 1. The molecule has 1 atom stereocenters. The molecule has 2 N–H and O–H groups in total. The number of carbonyl (C=O) groups is 1. The van der Waals surface area contributed by atoms with Crippen LogP contribution in [0.25, 0.3) is 0 Å². The number of anilines is 1. The smallest absolute Gasteiger partial charge is 0.253 e. The van der Waals surface area contributed by atoms with Gasteiger partial charge in [0, 0.05) is 22.8 Å². The lowest BCUT2D eigenvalue weighted by molar-refractivity contribution is -0.120. The van der Waals surface area contributed by atoms with Gasteiger partial charge in [-0.15, -0.1) is 16.8 Å². The summed E-state index contributed by atoms with van der Waals surface area (Å²) < 4.78 is 7.88. The Kier molecular flexibility index (Phi) is 10.2. The fraction of sp³-hybridized carbons (Fsp3) is 0.172. The molecule has 0 aliphatic heterocycles. The number of nitrogens with zero attached hydrogens (tertiary/aromatic N) is 4. The van der Waals surface area contributed by atoms with E-state index in [-0.39, 0.29) is 5.91 Å². The molecule has 0 radical (unpaired) electrons. The number of rotatable bonds is 13. The van der Waals surface area contributed by atoms with Gasteiger partial charge in [0.25, 0.3) is 5.91 Å². The van der Waals surface area contributed by atoms with E-state index in [4.69, 9.17) is 16.3 Å². The highest BCUT2D eigenvalue weighted by Crippen LogP contribution is 2.23. The summed E-state index contributed by atoms with van der Waals surface area (Å²) in [7, 11) is 0. The largest absolute Gasteiger partial charge is 0.488 e. The third kappa shape index (κ3) is 8.20. The number of allylic oxidation sites excluding steroid dienone is 1. The third-order valence-corrected chi connectivity index (χ3v) is 6.92. The van der Waals surface area contributed by atoms with Crippen molar-refractivity contribution < 1.29 is 9.53 Å². The molecule has 8 nitrogen and oxygen atoms in total. The van der Waals surface area contributed by atoms with Crippen molar-refractivity contribution in [2.45, 2.75) is 37.0 Å². The molecular weight excluding hydrogens is 532 g/mol. The van der Waals surface area contributed by atoms with Crippen molar-refractivity contribution in [3.8, 4) is 5.75 Å². The summed E-state index contributed by atoms with van der Waals surface area (Å²) in [4.78, 5) is 12.8. The van der Waals surface area contributed by atoms with Gasteiger partial charge in [0.2, 0.25) is 0 Å². The second kappa shape index (κ2) is 14.2. The lowest BCUT2D eigenvalue weighted by Gasteiger charge is -2.12. The van der Waals surface area contributed by atoms with E-state index < -0.39 is 5.25 Å². The first-order valence-corrected chi connectivity index (χ1v) is 13.6. The highest BCUT2D eigenvalue weighted by Gasteiger charge is 2.19. The number of hydrogen-bond acceptors (Lipinski definition) is 7. The maximum atomic E-state index is 12.8. The lowest BCUT2D eigenvalue weighted by Crippen LogP contribution is -2.27. The number of amides is 1. The Morgan fingerprint density at radius 1 is 1.10 bits per heavy atom. The predicted octanol–water partition coefficient (Wildman–Crippen LogP) is 5.94. The number of hydrogen-bond donors (Lipinski definition) is 2. The van der Waals surface area contributed by atoms with Gasteiger partial charge in [-0.3, -0.25) is 4.79 Å². The quantitative estimate of drug-likeness (QED) is 0.0909. The summed E-state index contributed by atoms with van der Waals surface area (Å²) in [6.07, 6.45) is 3.35. The average molecular weight is 561 g/mol. The van der Waals surface area contributed by atoms with E-state index >= 15 is 0 Å². The van der Waals surface area contributed by atoms with Gasteiger partial charge in [-0.1, -0.05) is 71.9 Å². The summed E-state index contributed by atoms with van der Waals surface area (Å²) in [5, 5.41) is 16.9. The fourth-order valence-electron chi connectivity index (χ4n) is 3.52. The molecule has 0 fully saturated rings. The molecule has 0 aliphatic rings. The number of para-hydroxylation sites is 1. The molecule has 4 rings (SSSR count). The van der Waals surface area contributed by atoms with Crippen LogP contribution in [0.5, 0.6) is 5.75 Å². The Morgan fingerprint density at radius 3 is 2.62 bits per heavy atom. The fourth-order valence-corrected chi connectivity index (χ4v) is 4.52. The first-order valence-electron chi connectivity index (χ1n) is 12.3. The summed E-state index contributed by atoms with van der Waals surface area (Å²) in [6, 6.07) is 24.9. The number of nitrogens with one attached hydrogen (secondary N) is 2. The average Bonchev–Trinajstić information content (AvgIpc) is 3.33. The highest BCUT2D eigenvalue weighted by atomic mass is 35.5. The predicted molar refractivity (Wildman–Crippen MR) is 157 cm³/mol. The Hall–Kier alpha value is -4.08. The van der Waals surface area contributed by atoms with E-state index in [1.165, 1.54) is 11.8 Å². The van der Waals surface area contributed by atoms with Crippen molar-refractivity contribution in [1.29, 1.82) is 0 Å². The summed E-state index contributed by atoms with van der Waals surface area (Å²) in [6.45, 7) is 7.04. The number of benzene rings is 3. The molecule has 0 unspecified atom stereocenters. The lowest BCUT2D eigenvalue weighted by atomic mass is 10.2. The first-order chi connectivity index (χ1) is 19.0. The van der Waals surface area contributed by atoms with Crippen LogP contribution in [0.2, 0.25) is 5.02 Å². The van der Waals surface area contributed by atoms with Crippen LogP contribution >= 0.6 is 23.4 Å². The molecule has 1 heterocycles. The molecule has 1 aromatic heterocycles. The Balaban J connectivity index is 1.33. The highest BCUT2D eigenvalue weighted by molar-refractivity contribution is 8.00. The molecule has 3 aromatic carbocycles. The SMILES string of the molecule is C=CCn1c(CNc2ccc(Cl)cc2)nnc1S[C@@H](C)C(=O)N/N=C/c1ccccc1OCc1ccccc1. The van der Waals surface area contributed by atoms with E-state index in [1.54, 1.807) is 19.2 Å². The van der Waals surface area contributed by atoms with E-state index in [1.807, 2.05) is 83.4 Å². The van der Waals surface area contributed by atoms with Crippen LogP contribution in [0, 0.1) is 0 Å². The zero-order valence-electron chi connectivity index (χ0n) is 21.5. The molecule has 10 heteroatoms. The molecule has 1 amide bonds. The standard InChI is InChI=1S/C29H29ClN6O2S/c1-3-17-36-27(19-31-25-15-13-24(30)14-16-25)33-35-29(36)39-21(2)28(37)34-32-18-23-11-7-8-12-26(23)38-20-22-9-5-4-6-10-22/h3-16,18,21,31H,1,17,19-20H2,2H3,(H,34,37)/b32-18+/t21-/m0/s1. The molecule has 0 saturated heterocycles. The topological polar surface area (TPSA) is 93.4 Å². The minimum atomic E-state index is -0.462. The molecule has 200 valence electrons. The summed E-state index contributed by atoms with van der Waals surface area (Å²) in [5.41, 5.74) is 5.36. The normalized spacial score (nSPS) is 11.7. The van der Waals surface area contributed by atoms with Crippen molar-refractivity contribution in [2.75, 3.05) is 5.32 Å². The van der Waals surface area contributed by atoms with Crippen molar-refractivity contribution in [1.82, 2.24) is 20.2 Å². The number of carbonyl (C=O) groups excluding carboxylic acids is 1. The van der Waals surface area contributed by atoms with Gasteiger partial charge in [-0.05, 0) is 48.9 Å². The molecule has 0 spiro atoms. The monoisotopic (exact) mass is 560 g/mol. The van der Waals surface area contributed by atoms with E-state index in [9.17, 15) is 4.79 Å². The van der Waals surface area contributed by atoms with Crippen molar-refractivity contribution >= 4 is 41.2 Å². The van der Waals surface area contributed by atoms with Crippen molar-refractivity contribution in [2.24, 2.45) is 5.10 Å². The zero-order valence-corrected chi connectivity index (χ0v) is 23.0. The van der Waals surface area contributed by atoms with E-state index in [0.717, 1.165) is 22.6 Å². The van der Waals surface area contributed by atoms with E-state index in [0.29, 0.717) is 35.6 Å². The van der Waals surface area contributed by atoms with Crippen LogP contribution in [0.15, 0.2) is 102 Å². The van der Waals surface area contributed by atoms with Gasteiger partial charge < -0.3 is 14.6 Å². The Bertz CT molecular complexity index is 1410. The van der Waals surface area contributed by atoms with Crippen molar-refractivity contribution in [3.63, 3.8) is 0 Å². The van der Waals surface area contributed by atoms with Crippen LogP contribution in [0.4, 0.5) is 5.69 Å². The van der Waals surface area contributed by atoms with Crippen LogP contribution < -0.4 is 15.5 Å². The van der Waals surface area contributed by atoms with Gasteiger partial charge in [0.15, 0.2) is 11.0 Å². The maximum absolute atomic E-state index is 12.8. The summed E-state index contributed by atoms with van der Waals surface area (Å²) in [5.74, 6) is 1.15. The minimum Gasteiger partial charge on any atom is -0.488 e. The molecule has 0 bridgehead atoms. The Morgan fingerprint density at radius 2 is 1.85 bits per heavy atom. The molecule has 39 heavy (non-hydrogen) atoms. The maximum Gasteiger partial charge on any atom is 0.253 e. The van der Waals surface area contributed by atoms with Gasteiger partial charge in [-0.25, -0.2) is 5.43 Å². The second-order valence-corrected chi connectivity index (χ2v) is 10.2. The molecular formula is C29H29ClN6O2S. The summed E-state index contributed by atoms with van der Waals surface area (Å²) >= 11 is 7.26. The molecule has 0 saturated carbocycles. The van der Waals surface area contributed by atoms with Gasteiger partial charge in [0.1, 0.15) is 12.4 Å². The Labute approximate surface area is 237 Å². The first kappa shape index (κ1) is 27.9. The van der Waals surface area contributed by atoms with Gasteiger partial charge >= 0.3 is 0 Å². The van der Waals surface area contributed by atoms with Gasteiger partial charge in [0.05, 0.1) is 18.0 Å². The van der Waals surface area contributed by atoms with Crippen LogP contribution in [0.3, 0.4) is 0 Å². The van der Waals surface area contributed by atoms with E-state index in [2.05, 4.69) is 32.6 Å². The second-order valence-electron chi connectivity index (χ2n) is 8.46. The molecule has 0 aliphatic carbocycles. The number of hydrazone groups is 1. The number of halogens is 1.